The number of hydrogen-bond donors (Lipinski definition) is 3. The maximum atomic E-state index is 13.0. The van der Waals surface area contributed by atoms with Crippen molar-refractivity contribution in [2.45, 2.75) is 33.0 Å². The number of morpholine rings is 1. The Labute approximate surface area is 228 Å². The summed E-state index contributed by atoms with van der Waals surface area (Å²) < 4.78 is 11.1. The fraction of sp³-hybridized carbons (Fsp3) is 0.276. The summed E-state index contributed by atoms with van der Waals surface area (Å²) in [7, 11) is 0. The van der Waals surface area contributed by atoms with Crippen LogP contribution in [0.5, 0.6) is 0 Å². The Bertz CT molecular complexity index is 1370. The second kappa shape index (κ2) is 12.8. The molecule has 10 heteroatoms. The van der Waals surface area contributed by atoms with Gasteiger partial charge in [-0.1, -0.05) is 62.4 Å². The number of para-hydroxylation sites is 1. The summed E-state index contributed by atoms with van der Waals surface area (Å²) >= 11 is 0. The highest BCUT2D eigenvalue weighted by molar-refractivity contribution is 6.19. The van der Waals surface area contributed by atoms with E-state index in [1.165, 1.54) is 0 Å². The van der Waals surface area contributed by atoms with Gasteiger partial charge in [0.15, 0.2) is 0 Å². The van der Waals surface area contributed by atoms with Crippen molar-refractivity contribution in [2.24, 2.45) is 15.7 Å². The first-order valence-corrected chi connectivity index (χ1v) is 12.9. The van der Waals surface area contributed by atoms with Crippen LogP contribution in [0.15, 0.2) is 82.9 Å². The predicted molar refractivity (Wildman–Crippen MR) is 154 cm³/mol. The van der Waals surface area contributed by atoms with Crippen LogP contribution in [-0.2, 0) is 14.3 Å². The van der Waals surface area contributed by atoms with Gasteiger partial charge in [0, 0.05) is 23.9 Å². The number of nitrogens with one attached hydrogen (secondary N) is 2. The van der Waals surface area contributed by atoms with Crippen molar-refractivity contribution in [2.75, 3.05) is 30.0 Å². The van der Waals surface area contributed by atoms with Gasteiger partial charge in [-0.05, 0) is 25.1 Å². The van der Waals surface area contributed by atoms with E-state index in [-0.39, 0.29) is 18.0 Å². The number of amidine groups is 1. The monoisotopic (exact) mass is 527 g/mol. The molecule has 1 aromatic heterocycles. The maximum absolute atomic E-state index is 13.0. The number of aromatic nitrogens is 1. The molecule has 39 heavy (non-hydrogen) atoms. The van der Waals surface area contributed by atoms with Crippen LogP contribution in [0, 0.1) is 5.41 Å². The van der Waals surface area contributed by atoms with Crippen molar-refractivity contribution < 1.29 is 14.3 Å². The number of anilines is 2. The summed E-state index contributed by atoms with van der Waals surface area (Å²) in [4.78, 5) is 28.4. The Morgan fingerprint density at radius 2 is 1.87 bits per heavy atom. The molecule has 0 radical (unpaired) electrons. The van der Waals surface area contributed by atoms with E-state index in [9.17, 15) is 4.79 Å². The molecule has 1 fully saturated rings. The summed E-state index contributed by atoms with van der Waals surface area (Å²) in [6, 6.07) is 20.2. The average Bonchev–Trinajstić information content (AvgIpc) is 3.10. The lowest BCUT2D eigenvalue weighted by Crippen LogP contribution is -2.45. The lowest BCUT2D eigenvalue weighted by Gasteiger charge is -2.35. The lowest BCUT2D eigenvalue weighted by molar-refractivity contribution is -0.117. The molecular formula is C29H33N7O3. The molecule has 2 aromatic carbocycles. The molecule has 1 saturated heterocycles. The van der Waals surface area contributed by atoms with Gasteiger partial charge in [-0.15, -0.1) is 0 Å². The van der Waals surface area contributed by atoms with E-state index in [0.29, 0.717) is 42.5 Å². The SMILES string of the molecule is CC.CC1COCCN1c1ncccc1C(=N)O/C(N)=N/C1N=C(c2ccccc2)c2ccccc2NC1=O. The second-order valence-corrected chi connectivity index (χ2v) is 8.64. The van der Waals surface area contributed by atoms with Crippen LogP contribution in [0.4, 0.5) is 11.5 Å². The molecule has 2 unspecified atom stereocenters. The molecule has 3 heterocycles. The fourth-order valence-electron chi connectivity index (χ4n) is 4.31. The smallest absolute Gasteiger partial charge is 0.291 e. The van der Waals surface area contributed by atoms with E-state index in [0.717, 1.165) is 11.1 Å². The van der Waals surface area contributed by atoms with Gasteiger partial charge in [-0.3, -0.25) is 10.2 Å². The number of pyridine rings is 1. The zero-order valence-corrected chi connectivity index (χ0v) is 22.3. The van der Waals surface area contributed by atoms with Crippen molar-refractivity contribution in [3.05, 3.63) is 89.6 Å². The van der Waals surface area contributed by atoms with Crippen molar-refractivity contribution in [3.63, 3.8) is 0 Å². The highest BCUT2D eigenvalue weighted by Crippen LogP contribution is 2.25. The number of hydrogen-bond acceptors (Lipinski definition) is 8. The summed E-state index contributed by atoms with van der Waals surface area (Å²) in [6.45, 7) is 7.80. The lowest BCUT2D eigenvalue weighted by atomic mass is 10.0. The van der Waals surface area contributed by atoms with Crippen LogP contribution < -0.4 is 16.0 Å². The third-order valence-electron chi connectivity index (χ3n) is 6.10. The molecular weight excluding hydrogens is 494 g/mol. The quantitative estimate of drug-likeness (QED) is 0.348. The number of nitrogens with zero attached hydrogens (tertiary/aromatic N) is 4. The van der Waals surface area contributed by atoms with Gasteiger partial charge in [0.25, 0.3) is 11.9 Å². The van der Waals surface area contributed by atoms with Crippen molar-refractivity contribution in [1.29, 1.82) is 5.41 Å². The van der Waals surface area contributed by atoms with Gasteiger partial charge in [0.2, 0.25) is 12.1 Å². The van der Waals surface area contributed by atoms with Crippen molar-refractivity contribution >= 4 is 35.0 Å². The molecule has 2 atom stereocenters. The number of carbonyl (C=O) groups excluding carboxylic acids is 1. The van der Waals surface area contributed by atoms with Crippen LogP contribution in [-0.4, -0.2) is 60.5 Å². The number of benzodiazepines with no additional fused rings is 1. The van der Waals surface area contributed by atoms with E-state index in [2.05, 4.69) is 25.2 Å². The van der Waals surface area contributed by atoms with Crippen LogP contribution in [0.2, 0.25) is 0 Å². The van der Waals surface area contributed by atoms with E-state index < -0.39 is 12.1 Å². The highest BCUT2D eigenvalue weighted by atomic mass is 16.5. The summed E-state index contributed by atoms with van der Waals surface area (Å²) in [5.74, 6) is -0.0866. The molecule has 0 bridgehead atoms. The maximum Gasteiger partial charge on any atom is 0.291 e. The zero-order valence-electron chi connectivity index (χ0n) is 22.3. The van der Waals surface area contributed by atoms with E-state index in [1.54, 1.807) is 18.3 Å². The van der Waals surface area contributed by atoms with Crippen molar-refractivity contribution in [3.8, 4) is 0 Å². The molecule has 1 amide bonds. The van der Waals surface area contributed by atoms with Crippen LogP contribution in [0.25, 0.3) is 0 Å². The molecule has 0 saturated carbocycles. The minimum atomic E-state index is -1.21. The van der Waals surface area contributed by atoms with Gasteiger partial charge in [0.1, 0.15) is 5.82 Å². The fourth-order valence-corrected chi connectivity index (χ4v) is 4.31. The molecule has 5 rings (SSSR count). The van der Waals surface area contributed by atoms with Crippen LogP contribution in [0.3, 0.4) is 0 Å². The molecule has 4 N–H and O–H groups in total. The Morgan fingerprint density at radius 1 is 1.13 bits per heavy atom. The second-order valence-electron chi connectivity index (χ2n) is 8.64. The van der Waals surface area contributed by atoms with Gasteiger partial charge in [0.05, 0.1) is 36.2 Å². The number of carbonyl (C=O) groups is 1. The Kier molecular flexibility index (Phi) is 9.01. The number of amides is 1. The van der Waals surface area contributed by atoms with Gasteiger partial charge < -0.3 is 25.4 Å². The minimum Gasteiger partial charge on any atom is -0.407 e. The van der Waals surface area contributed by atoms with Crippen LogP contribution >= 0.6 is 0 Å². The predicted octanol–water partition coefficient (Wildman–Crippen LogP) is 3.81. The largest absolute Gasteiger partial charge is 0.407 e. The number of fused-ring (bicyclic) bond motifs is 1. The number of aliphatic imine (C=N–C) groups is 2. The average molecular weight is 528 g/mol. The third kappa shape index (κ3) is 6.29. The molecule has 10 nitrogen and oxygen atoms in total. The molecule has 3 aromatic rings. The van der Waals surface area contributed by atoms with E-state index in [4.69, 9.17) is 20.6 Å². The first-order valence-electron chi connectivity index (χ1n) is 12.9. The first-order chi connectivity index (χ1) is 19.0. The van der Waals surface area contributed by atoms with Crippen molar-refractivity contribution in [1.82, 2.24) is 4.98 Å². The normalized spacial score (nSPS) is 18.9. The topological polar surface area (TPSA) is 138 Å². The zero-order chi connectivity index (χ0) is 27.8. The summed E-state index contributed by atoms with van der Waals surface area (Å²) in [5.41, 5.74) is 9.37. The highest BCUT2D eigenvalue weighted by Gasteiger charge is 2.27. The minimum absolute atomic E-state index is 0.0864. The Hall–Kier alpha value is -4.57. The molecule has 2 aliphatic heterocycles. The van der Waals surface area contributed by atoms with Gasteiger partial charge >= 0.3 is 0 Å². The number of rotatable bonds is 4. The molecule has 202 valence electrons. The first kappa shape index (κ1) is 27.5. The van der Waals surface area contributed by atoms with Crippen LogP contribution in [0.1, 0.15) is 37.5 Å². The molecule has 0 aliphatic carbocycles. The molecule has 0 spiro atoms. The molecule has 2 aliphatic rings. The Morgan fingerprint density at radius 3 is 2.64 bits per heavy atom. The standard InChI is InChI=1S/C27H27N7O3.C2H6/c1-17-16-36-15-14-34(17)25-20(11-7-13-30-25)23(28)37-27(29)33-24-26(35)31-21-12-6-5-10-19(21)22(32-24)18-8-3-2-4-9-18;1-2/h2-13,17,24,28H,14-16H2,1H3,(H2,29,33)(H,31,35);1-2H3. The number of benzene rings is 2. The number of nitrogens with two attached hydrogens (primary N) is 1. The summed E-state index contributed by atoms with van der Waals surface area (Å²) in [6.07, 6.45) is 0.460. The van der Waals surface area contributed by atoms with E-state index >= 15 is 0 Å². The Balaban J connectivity index is 0.00000172. The third-order valence-corrected chi connectivity index (χ3v) is 6.10. The van der Waals surface area contributed by atoms with Gasteiger partial charge in [-0.2, -0.15) is 4.99 Å². The number of ether oxygens (including phenoxy) is 2. The summed E-state index contributed by atoms with van der Waals surface area (Å²) in [5, 5.41) is 11.4. The van der Waals surface area contributed by atoms with E-state index in [1.807, 2.05) is 75.4 Å². The van der Waals surface area contributed by atoms with Gasteiger partial charge in [-0.25, -0.2) is 9.98 Å².